The van der Waals surface area contributed by atoms with E-state index in [0.717, 1.165) is 17.4 Å². The molecule has 0 radical (unpaired) electrons. The van der Waals surface area contributed by atoms with Crippen molar-refractivity contribution in [2.45, 2.75) is 37.1 Å². The maximum Gasteiger partial charge on any atom is 0.261 e. The van der Waals surface area contributed by atoms with E-state index in [0.29, 0.717) is 5.92 Å². The Morgan fingerprint density at radius 3 is 2.74 bits per heavy atom. The molecular weight excluding hydrogens is 284 g/mol. The number of fused-ring (bicyclic) bond motifs is 1. The molecule has 3 rings (SSSR count). The third-order valence-corrected chi connectivity index (χ3v) is 5.15. The first-order chi connectivity index (χ1) is 9.04. The summed E-state index contributed by atoms with van der Waals surface area (Å²) in [5.41, 5.74) is 0.968. The Balaban J connectivity index is 1.95. The van der Waals surface area contributed by atoms with Crippen LogP contribution in [-0.2, 0) is 15.6 Å². The van der Waals surface area contributed by atoms with Gasteiger partial charge in [-0.25, -0.2) is 8.42 Å². The van der Waals surface area contributed by atoms with Crippen molar-refractivity contribution in [1.29, 1.82) is 0 Å². The lowest BCUT2D eigenvalue weighted by Gasteiger charge is -2.10. The lowest BCUT2D eigenvalue weighted by Crippen LogP contribution is -2.08. The number of aromatic nitrogens is 2. The summed E-state index contributed by atoms with van der Waals surface area (Å²) in [6, 6.07) is 4.90. The smallest absolute Gasteiger partial charge is 0.261 e. The van der Waals surface area contributed by atoms with Crippen LogP contribution in [0.25, 0.3) is 10.9 Å². The fraction of sp³-hybridized carbons (Fsp3) is 0.462. The normalized spacial score (nSPS) is 17.3. The molecule has 1 aliphatic carbocycles. The molecule has 0 aliphatic heterocycles. The van der Waals surface area contributed by atoms with Crippen LogP contribution in [0.3, 0.4) is 0 Å². The Morgan fingerprint density at radius 2 is 2.05 bits per heavy atom. The van der Waals surface area contributed by atoms with E-state index in [1.165, 1.54) is 31.7 Å². The van der Waals surface area contributed by atoms with E-state index in [9.17, 15) is 8.42 Å². The lowest BCUT2D eigenvalue weighted by molar-refractivity contribution is 0.438. The predicted molar refractivity (Wildman–Crippen MR) is 74.7 cm³/mol. The van der Waals surface area contributed by atoms with Crippen LogP contribution in [0.15, 0.2) is 29.3 Å². The second-order valence-corrected chi connectivity index (χ2v) is 7.70. The topological polar surface area (TPSA) is 52.0 Å². The zero-order chi connectivity index (χ0) is 13.5. The lowest BCUT2D eigenvalue weighted by atomic mass is 10.1. The zero-order valence-corrected chi connectivity index (χ0v) is 12.0. The molecule has 102 valence electrons. The van der Waals surface area contributed by atoms with Crippen LogP contribution in [0.5, 0.6) is 0 Å². The third-order valence-electron chi connectivity index (χ3n) is 3.80. The highest BCUT2D eigenvalue weighted by Gasteiger charge is 2.17. The molecule has 1 aromatic carbocycles. The van der Waals surface area contributed by atoms with Crippen molar-refractivity contribution in [2.75, 3.05) is 0 Å². The first-order valence-electron chi connectivity index (χ1n) is 6.44. The van der Waals surface area contributed by atoms with Gasteiger partial charge >= 0.3 is 0 Å². The van der Waals surface area contributed by atoms with Gasteiger partial charge in [0.1, 0.15) is 0 Å². The quantitative estimate of drug-likeness (QED) is 0.818. The molecule has 19 heavy (non-hydrogen) atoms. The van der Waals surface area contributed by atoms with Gasteiger partial charge in [0.15, 0.2) is 0 Å². The van der Waals surface area contributed by atoms with Gasteiger partial charge in [0.05, 0.1) is 16.6 Å². The van der Waals surface area contributed by atoms with Crippen LogP contribution in [0, 0.1) is 5.92 Å². The summed E-state index contributed by atoms with van der Waals surface area (Å²) in [5.74, 6) is 0.694. The minimum Gasteiger partial charge on any atom is -0.265 e. The van der Waals surface area contributed by atoms with Gasteiger partial charge < -0.3 is 0 Å². The second-order valence-electron chi connectivity index (χ2n) is 5.14. The van der Waals surface area contributed by atoms with Gasteiger partial charge in [-0.15, -0.1) is 0 Å². The molecule has 2 aromatic rings. The minimum atomic E-state index is -3.67. The van der Waals surface area contributed by atoms with E-state index in [1.54, 1.807) is 18.3 Å². The average molecular weight is 299 g/mol. The first kappa shape index (κ1) is 12.9. The average Bonchev–Trinajstić information content (AvgIpc) is 2.98. The molecule has 0 spiro atoms. The van der Waals surface area contributed by atoms with E-state index < -0.39 is 9.05 Å². The maximum absolute atomic E-state index is 11.3. The molecule has 0 saturated heterocycles. The van der Waals surface area contributed by atoms with E-state index in [2.05, 4.69) is 5.10 Å². The standard InChI is InChI=1S/C13H15ClN2O2S/c14-19(17,18)12-5-6-13-11(7-12)8-15-16(13)9-10-3-1-2-4-10/h5-8,10H,1-4,9H2. The van der Waals surface area contributed by atoms with Crippen molar-refractivity contribution in [3.05, 3.63) is 24.4 Å². The van der Waals surface area contributed by atoms with Crippen molar-refractivity contribution in [1.82, 2.24) is 9.78 Å². The van der Waals surface area contributed by atoms with Crippen LogP contribution in [-0.4, -0.2) is 18.2 Å². The molecule has 1 aliphatic rings. The molecule has 6 heteroatoms. The van der Waals surface area contributed by atoms with Crippen molar-refractivity contribution < 1.29 is 8.42 Å². The molecule has 0 amide bonds. The van der Waals surface area contributed by atoms with Crippen molar-refractivity contribution in [3.8, 4) is 0 Å². The van der Waals surface area contributed by atoms with Gasteiger partial charge in [-0.05, 0) is 37.0 Å². The molecule has 1 saturated carbocycles. The molecule has 1 fully saturated rings. The number of halogens is 1. The molecule has 4 nitrogen and oxygen atoms in total. The van der Waals surface area contributed by atoms with Crippen molar-refractivity contribution in [3.63, 3.8) is 0 Å². The predicted octanol–water partition coefficient (Wildman–Crippen LogP) is 3.15. The van der Waals surface area contributed by atoms with E-state index >= 15 is 0 Å². The van der Waals surface area contributed by atoms with Gasteiger partial charge in [0, 0.05) is 22.6 Å². The van der Waals surface area contributed by atoms with Gasteiger partial charge in [-0.2, -0.15) is 5.10 Å². The number of benzene rings is 1. The second kappa shape index (κ2) is 4.80. The molecule has 0 N–H and O–H groups in total. The van der Waals surface area contributed by atoms with Gasteiger partial charge in [-0.1, -0.05) is 12.8 Å². The van der Waals surface area contributed by atoms with E-state index in [4.69, 9.17) is 10.7 Å². The fourth-order valence-electron chi connectivity index (χ4n) is 2.80. The third kappa shape index (κ3) is 2.62. The Morgan fingerprint density at radius 1 is 1.32 bits per heavy atom. The van der Waals surface area contributed by atoms with Gasteiger partial charge in [0.25, 0.3) is 9.05 Å². The molecular formula is C13H15ClN2O2S. The first-order valence-corrected chi connectivity index (χ1v) is 8.75. The van der Waals surface area contributed by atoms with E-state index in [-0.39, 0.29) is 4.90 Å². The highest BCUT2D eigenvalue weighted by molar-refractivity contribution is 8.13. The molecule has 1 aromatic heterocycles. The fourth-order valence-corrected chi connectivity index (χ4v) is 3.59. The summed E-state index contributed by atoms with van der Waals surface area (Å²) in [4.78, 5) is 0.127. The summed E-state index contributed by atoms with van der Waals surface area (Å²) >= 11 is 0. The monoisotopic (exact) mass is 298 g/mol. The largest absolute Gasteiger partial charge is 0.265 e. The number of hydrogen-bond donors (Lipinski definition) is 0. The summed E-state index contributed by atoms with van der Waals surface area (Å²) in [5, 5.41) is 5.18. The SMILES string of the molecule is O=S(=O)(Cl)c1ccc2c(cnn2CC2CCCC2)c1. The van der Waals surface area contributed by atoms with Crippen LogP contribution >= 0.6 is 10.7 Å². The van der Waals surface area contributed by atoms with Crippen LogP contribution in [0.4, 0.5) is 0 Å². The summed E-state index contributed by atoms with van der Waals surface area (Å²) in [7, 11) is 1.68. The summed E-state index contributed by atoms with van der Waals surface area (Å²) in [6.45, 7) is 0.913. The maximum atomic E-state index is 11.3. The van der Waals surface area contributed by atoms with Crippen molar-refractivity contribution >= 4 is 30.6 Å². The Labute approximate surface area is 116 Å². The summed E-state index contributed by atoms with van der Waals surface area (Å²) in [6.07, 6.45) is 6.83. The van der Waals surface area contributed by atoms with Crippen LogP contribution in [0.2, 0.25) is 0 Å². The summed E-state index contributed by atoms with van der Waals surface area (Å²) < 4.78 is 24.6. The molecule has 1 heterocycles. The Hall–Kier alpha value is -1.07. The van der Waals surface area contributed by atoms with Crippen molar-refractivity contribution in [2.24, 2.45) is 5.92 Å². The van der Waals surface area contributed by atoms with Crippen LogP contribution < -0.4 is 0 Å². The Bertz CT molecular complexity index is 703. The number of nitrogens with zero attached hydrogens (tertiary/aromatic N) is 2. The molecule has 0 atom stereocenters. The molecule has 0 unspecified atom stereocenters. The zero-order valence-electron chi connectivity index (χ0n) is 10.4. The molecule has 0 bridgehead atoms. The highest BCUT2D eigenvalue weighted by atomic mass is 35.7. The van der Waals surface area contributed by atoms with Crippen LogP contribution in [0.1, 0.15) is 25.7 Å². The van der Waals surface area contributed by atoms with Gasteiger partial charge in [-0.3, -0.25) is 4.68 Å². The van der Waals surface area contributed by atoms with E-state index in [1.807, 2.05) is 4.68 Å². The highest BCUT2D eigenvalue weighted by Crippen LogP contribution is 2.28. The number of hydrogen-bond acceptors (Lipinski definition) is 3. The minimum absolute atomic E-state index is 0.127. The Kier molecular flexibility index (Phi) is 3.27. The van der Waals surface area contributed by atoms with Gasteiger partial charge in [0.2, 0.25) is 0 Å². The number of rotatable bonds is 3.